The van der Waals surface area contributed by atoms with Gasteiger partial charge in [-0.25, -0.2) is 9.59 Å². The number of hydrogen-bond donors (Lipinski definition) is 2. The van der Waals surface area contributed by atoms with Gasteiger partial charge in [-0.05, 0) is 66.3 Å². The number of nitrogens with zero attached hydrogens (tertiary/aromatic N) is 3. The molecule has 1 aliphatic rings. The number of nitrogens with one attached hydrogen (secondary N) is 2. The van der Waals surface area contributed by atoms with E-state index in [0.717, 1.165) is 22.4 Å². The van der Waals surface area contributed by atoms with Crippen molar-refractivity contribution in [3.63, 3.8) is 0 Å². The Morgan fingerprint density at radius 2 is 1.80 bits per heavy atom. The Bertz CT molecular complexity index is 1490. The SMILES string of the molecule is Cc1ccc(C(C)C)c(N2C(=O)CS/C2=N\C(=O)NCCc2ccc(NC(=O)Oc3ccc([N+](=O)[O-])cc3)cc2)c1. The Hall–Kier alpha value is -4.71. The normalized spacial score (nSPS) is 13.9. The van der Waals surface area contributed by atoms with E-state index in [0.29, 0.717) is 23.8 Å². The van der Waals surface area contributed by atoms with Crippen molar-refractivity contribution in [2.75, 3.05) is 22.5 Å². The molecular formula is C29H29N5O6S. The lowest BCUT2D eigenvalue weighted by molar-refractivity contribution is -0.384. The maximum absolute atomic E-state index is 12.7. The second kappa shape index (κ2) is 13.1. The molecule has 3 aromatic carbocycles. The van der Waals surface area contributed by atoms with Crippen molar-refractivity contribution < 1.29 is 24.0 Å². The van der Waals surface area contributed by atoms with E-state index in [-0.39, 0.29) is 29.0 Å². The second-order valence-electron chi connectivity index (χ2n) is 9.57. The molecule has 11 nitrogen and oxygen atoms in total. The van der Waals surface area contributed by atoms with Gasteiger partial charge in [0.25, 0.3) is 5.69 Å². The molecule has 4 amide bonds. The van der Waals surface area contributed by atoms with Crippen LogP contribution in [0.1, 0.15) is 36.5 Å². The number of rotatable bonds is 8. The first-order valence-corrected chi connectivity index (χ1v) is 13.8. The van der Waals surface area contributed by atoms with Gasteiger partial charge in [0.05, 0.1) is 16.4 Å². The number of amides is 4. The van der Waals surface area contributed by atoms with Crippen LogP contribution in [0.25, 0.3) is 0 Å². The number of nitro benzene ring substituents is 1. The summed E-state index contributed by atoms with van der Waals surface area (Å²) in [4.78, 5) is 53.3. The van der Waals surface area contributed by atoms with Gasteiger partial charge in [0.1, 0.15) is 5.75 Å². The zero-order chi connectivity index (χ0) is 29.5. The monoisotopic (exact) mass is 575 g/mol. The van der Waals surface area contributed by atoms with E-state index >= 15 is 0 Å². The third kappa shape index (κ3) is 7.70. The number of benzene rings is 3. The highest BCUT2D eigenvalue weighted by Crippen LogP contribution is 2.34. The van der Waals surface area contributed by atoms with Crippen LogP contribution >= 0.6 is 11.8 Å². The molecule has 0 aliphatic carbocycles. The van der Waals surface area contributed by atoms with Gasteiger partial charge in [0.2, 0.25) is 5.91 Å². The number of nitro groups is 1. The molecule has 3 aromatic rings. The Labute approximate surface area is 241 Å². The van der Waals surface area contributed by atoms with Gasteiger partial charge in [-0.15, -0.1) is 0 Å². The van der Waals surface area contributed by atoms with E-state index in [4.69, 9.17) is 4.74 Å². The molecular weight excluding hydrogens is 546 g/mol. The van der Waals surface area contributed by atoms with Gasteiger partial charge < -0.3 is 10.1 Å². The summed E-state index contributed by atoms with van der Waals surface area (Å²) in [5.74, 6) is 0.479. The lowest BCUT2D eigenvalue weighted by Crippen LogP contribution is -2.32. The van der Waals surface area contributed by atoms with Crippen LogP contribution in [0.2, 0.25) is 0 Å². The lowest BCUT2D eigenvalue weighted by Gasteiger charge is -2.22. The summed E-state index contributed by atoms with van der Waals surface area (Å²) in [6, 6.07) is 17.6. The third-order valence-electron chi connectivity index (χ3n) is 6.16. The number of amidine groups is 1. The Morgan fingerprint density at radius 1 is 1.10 bits per heavy atom. The van der Waals surface area contributed by atoms with E-state index < -0.39 is 17.0 Å². The van der Waals surface area contributed by atoms with Crippen molar-refractivity contribution in [1.82, 2.24) is 5.32 Å². The summed E-state index contributed by atoms with van der Waals surface area (Å²) >= 11 is 1.24. The lowest BCUT2D eigenvalue weighted by atomic mass is 9.99. The maximum atomic E-state index is 12.7. The highest BCUT2D eigenvalue weighted by molar-refractivity contribution is 8.15. The predicted molar refractivity (Wildman–Crippen MR) is 159 cm³/mol. The third-order valence-corrected chi connectivity index (χ3v) is 7.08. The van der Waals surface area contributed by atoms with Crippen molar-refractivity contribution in [2.24, 2.45) is 4.99 Å². The molecule has 2 N–H and O–H groups in total. The molecule has 12 heteroatoms. The summed E-state index contributed by atoms with van der Waals surface area (Å²) in [5, 5.41) is 16.4. The van der Waals surface area contributed by atoms with Crippen LogP contribution in [0.5, 0.6) is 5.75 Å². The van der Waals surface area contributed by atoms with Crippen LogP contribution in [0.3, 0.4) is 0 Å². The first-order chi connectivity index (χ1) is 19.6. The number of carbonyl (C=O) groups excluding carboxylic acids is 3. The predicted octanol–water partition coefficient (Wildman–Crippen LogP) is 6.03. The molecule has 0 radical (unpaired) electrons. The van der Waals surface area contributed by atoms with Gasteiger partial charge in [-0.1, -0.05) is 49.9 Å². The number of non-ortho nitro benzene ring substituents is 1. The number of anilines is 2. The first kappa shape index (κ1) is 29.3. The van der Waals surface area contributed by atoms with E-state index in [9.17, 15) is 24.5 Å². The van der Waals surface area contributed by atoms with E-state index in [1.807, 2.05) is 25.1 Å². The van der Waals surface area contributed by atoms with Crippen LogP contribution in [-0.4, -0.2) is 40.4 Å². The molecule has 1 fully saturated rings. The van der Waals surface area contributed by atoms with E-state index in [1.54, 1.807) is 24.3 Å². The number of carbonyl (C=O) groups is 3. The average Bonchev–Trinajstić information content (AvgIpc) is 3.28. The fraction of sp³-hybridized carbons (Fsp3) is 0.241. The number of ether oxygens (including phenoxy) is 1. The van der Waals surface area contributed by atoms with Crippen molar-refractivity contribution in [2.45, 2.75) is 33.1 Å². The smallest absolute Gasteiger partial charge is 0.410 e. The number of urea groups is 1. The summed E-state index contributed by atoms with van der Waals surface area (Å²) in [7, 11) is 0. The zero-order valence-electron chi connectivity index (χ0n) is 22.7. The van der Waals surface area contributed by atoms with Crippen LogP contribution < -0.4 is 20.3 Å². The molecule has 1 saturated heterocycles. The van der Waals surface area contributed by atoms with Gasteiger partial charge >= 0.3 is 12.1 Å². The fourth-order valence-electron chi connectivity index (χ4n) is 4.10. The summed E-state index contributed by atoms with van der Waals surface area (Å²) in [5.41, 5.74) is 4.09. The molecule has 0 atom stereocenters. The number of aryl methyl sites for hydroxylation is 1. The van der Waals surface area contributed by atoms with Crippen LogP contribution in [0.4, 0.5) is 26.7 Å². The van der Waals surface area contributed by atoms with Crippen molar-refractivity contribution in [1.29, 1.82) is 0 Å². The first-order valence-electron chi connectivity index (χ1n) is 12.9. The van der Waals surface area contributed by atoms with Crippen LogP contribution in [0, 0.1) is 17.0 Å². The summed E-state index contributed by atoms with van der Waals surface area (Å²) < 4.78 is 5.14. The molecule has 0 aromatic heterocycles. The standard InChI is InChI=1S/C29H29N5O6S/c1-18(2)24-13-4-19(3)16-25(24)33-26(35)17-41-28(33)32-27(36)30-15-14-20-5-7-21(8-6-20)31-29(37)40-23-11-9-22(10-12-23)34(38)39/h4-13,16,18H,14-15,17H2,1-3H3,(H,30,36)(H,31,37)/b32-28-. The largest absolute Gasteiger partial charge is 0.417 e. The molecule has 1 heterocycles. The molecule has 1 aliphatic heterocycles. The fourth-order valence-corrected chi connectivity index (χ4v) is 4.96. The highest BCUT2D eigenvalue weighted by Gasteiger charge is 2.32. The quantitative estimate of drug-likeness (QED) is 0.247. The number of aliphatic imine (C=N–C) groups is 1. The van der Waals surface area contributed by atoms with E-state index in [2.05, 4.69) is 29.5 Å². The summed E-state index contributed by atoms with van der Waals surface area (Å²) in [6.07, 6.45) is -0.212. The minimum Gasteiger partial charge on any atom is -0.410 e. The minimum absolute atomic E-state index is 0.103. The molecule has 0 saturated carbocycles. The Kier molecular flexibility index (Phi) is 9.35. The molecule has 0 bridgehead atoms. The number of hydrogen-bond acceptors (Lipinski definition) is 7. The van der Waals surface area contributed by atoms with Crippen LogP contribution in [0.15, 0.2) is 71.7 Å². The Balaban J connectivity index is 1.29. The number of thioether (sulfide) groups is 1. The molecule has 0 unspecified atom stereocenters. The molecule has 4 rings (SSSR count). The van der Waals surface area contributed by atoms with Gasteiger partial charge in [0, 0.05) is 24.4 Å². The second-order valence-corrected chi connectivity index (χ2v) is 10.5. The topological polar surface area (TPSA) is 143 Å². The molecule has 41 heavy (non-hydrogen) atoms. The average molecular weight is 576 g/mol. The van der Waals surface area contributed by atoms with E-state index in [1.165, 1.54) is 40.9 Å². The van der Waals surface area contributed by atoms with Crippen molar-refractivity contribution in [3.8, 4) is 5.75 Å². The van der Waals surface area contributed by atoms with Gasteiger partial charge in [-0.2, -0.15) is 4.99 Å². The van der Waals surface area contributed by atoms with Crippen LogP contribution in [-0.2, 0) is 11.2 Å². The zero-order valence-corrected chi connectivity index (χ0v) is 23.6. The Morgan fingerprint density at radius 3 is 2.46 bits per heavy atom. The summed E-state index contributed by atoms with van der Waals surface area (Å²) in [6.45, 7) is 6.40. The van der Waals surface area contributed by atoms with Crippen molar-refractivity contribution >= 4 is 52.0 Å². The van der Waals surface area contributed by atoms with Gasteiger partial charge in [0.15, 0.2) is 5.17 Å². The van der Waals surface area contributed by atoms with Crippen molar-refractivity contribution in [3.05, 3.63) is 93.5 Å². The maximum Gasteiger partial charge on any atom is 0.417 e. The molecule has 212 valence electrons. The minimum atomic E-state index is -0.735. The molecule has 0 spiro atoms. The highest BCUT2D eigenvalue weighted by atomic mass is 32.2. The van der Waals surface area contributed by atoms with Gasteiger partial charge in [-0.3, -0.25) is 25.1 Å².